The number of nitrogens with zero attached hydrogens (tertiary/aromatic N) is 3. The van der Waals surface area contributed by atoms with Gasteiger partial charge in [0.05, 0.1) is 6.04 Å². The van der Waals surface area contributed by atoms with Crippen molar-refractivity contribution in [3.63, 3.8) is 0 Å². The number of amides is 1. The Kier molecular flexibility index (Phi) is 7.49. The molecule has 2 heterocycles. The molecule has 1 aromatic heterocycles. The number of benzene rings is 1. The molecule has 2 fully saturated rings. The lowest BCUT2D eigenvalue weighted by Gasteiger charge is -2.28. The predicted molar refractivity (Wildman–Crippen MR) is 125 cm³/mol. The van der Waals surface area contributed by atoms with Gasteiger partial charge in [0.15, 0.2) is 5.82 Å². The van der Waals surface area contributed by atoms with Crippen LogP contribution >= 0.6 is 11.9 Å². The van der Waals surface area contributed by atoms with Crippen LogP contribution in [0.1, 0.15) is 54.9 Å². The Labute approximate surface area is 188 Å². The number of nitrogens with one attached hydrogen (secondary N) is 2. The van der Waals surface area contributed by atoms with Crippen molar-refractivity contribution < 1.29 is 4.79 Å². The number of carbonyl (C=O) groups excluding carboxylic acids is 1. The Morgan fingerprint density at radius 1 is 1.13 bits per heavy atom. The molecule has 0 radical (unpaired) electrons. The number of hydrogen-bond donors (Lipinski definition) is 4. The fraction of sp³-hybridized carbons (Fsp3) is 0.545. The average molecular weight is 444 g/mol. The maximum Gasteiger partial charge on any atom is 0.254 e. The highest BCUT2D eigenvalue weighted by atomic mass is 32.2. The number of rotatable bonds is 9. The van der Waals surface area contributed by atoms with E-state index in [2.05, 4.69) is 20.0 Å². The van der Waals surface area contributed by atoms with Crippen molar-refractivity contribution in [2.45, 2.75) is 55.5 Å². The third-order valence-corrected chi connectivity index (χ3v) is 7.01. The lowest BCUT2D eigenvalue weighted by molar-refractivity contribution is 0.100. The zero-order valence-corrected chi connectivity index (χ0v) is 18.7. The molecule has 9 heteroatoms. The van der Waals surface area contributed by atoms with Crippen molar-refractivity contribution in [1.82, 2.24) is 19.4 Å². The lowest BCUT2D eigenvalue weighted by atomic mass is 9.91. The molecule has 1 saturated carbocycles. The number of primary amides is 1. The standard InChI is InChI=1S/C22H33N7OS/c23-19-5-1-2-6-20(19)29-15-18(21(24)30)22(27-29)26-16-7-9-17(10-8-16)31-25-11-14-28-12-3-4-13-28/h7-10,15,19-20,25H,1-6,11-14,23H2,(H2,24,30)(H,26,27). The SMILES string of the molecule is NC(=O)c1cn(C2CCCCC2N)nc1Nc1ccc(SNCCN2CCCC2)cc1. The van der Waals surface area contributed by atoms with Gasteiger partial charge in [0.1, 0.15) is 5.56 Å². The smallest absolute Gasteiger partial charge is 0.254 e. The molecule has 1 aliphatic heterocycles. The molecule has 4 rings (SSSR count). The zero-order valence-electron chi connectivity index (χ0n) is 17.9. The van der Waals surface area contributed by atoms with Crippen LogP contribution in [0.25, 0.3) is 0 Å². The maximum absolute atomic E-state index is 12.0. The van der Waals surface area contributed by atoms with E-state index < -0.39 is 5.91 Å². The molecule has 1 aromatic carbocycles. The first-order chi connectivity index (χ1) is 15.1. The Hall–Kier alpha value is -2.07. The summed E-state index contributed by atoms with van der Waals surface area (Å²) in [5.41, 5.74) is 13.1. The van der Waals surface area contributed by atoms with Crippen molar-refractivity contribution in [2.24, 2.45) is 11.5 Å². The normalized spacial score (nSPS) is 22.0. The van der Waals surface area contributed by atoms with Crippen LogP contribution in [0.2, 0.25) is 0 Å². The van der Waals surface area contributed by atoms with Crippen molar-refractivity contribution in [2.75, 3.05) is 31.5 Å². The van der Waals surface area contributed by atoms with E-state index in [1.54, 1.807) is 18.1 Å². The van der Waals surface area contributed by atoms with Gasteiger partial charge >= 0.3 is 0 Å². The van der Waals surface area contributed by atoms with Crippen molar-refractivity contribution in [1.29, 1.82) is 0 Å². The Morgan fingerprint density at radius 3 is 2.58 bits per heavy atom. The minimum Gasteiger partial charge on any atom is -0.365 e. The summed E-state index contributed by atoms with van der Waals surface area (Å²) < 4.78 is 5.25. The molecule has 8 nitrogen and oxygen atoms in total. The maximum atomic E-state index is 12.0. The molecule has 31 heavy (non-hydrogen) atoms. The highest BCUT2D eigenvalue weighted by Crippen LogP contribution is 2.29. The summed E-state index contributed by atoms with van der Waals surface area (Å²) in [5, 5.41) is 7.87. The van der Waals surface area contributed by atoms with Gasteiger partial charge in [-0.1, -0.05) is 12.8 Å². The molecule has 1 aliphatic carbocycles. The second-order valence-corrected chi connectivity index (χ2v) is 9.41. The fourth-order valence-corrected chi connectivity index (χ4v) is 5.02. The molecule has 2 unspecified atom stereocenters. The molecule has 0 spiro atoms. The fourth-order valence-electron chi connectivity index (χ4n) is 4.39. The van der Waals surface area contributed by atoms with Crippen LogP contribution in [0.15, 0.2) is 35.4 Å². The van der Waals surface area contributed by atoms with Gasteiger partial charge in [-0.3, -0.25) is 14.2 Å². The monoisotopic (exact) mass is 443 g/mol. The number of anilines is 2. The molecule has 1 amide bonds. The van der Waals surface area contributed by atoms with Crippen LogP contribution in [0.5, 0.6) is 0 Å². The van der Waals surface area contributed by atoms with Gasteiger partial charge in [0, 0.05) is 35.9 Å². The van der Waals surface area contributed by atoms with E-state index in [-0.39, 0.29) is 12.1 Å². The van der Waals surface area contributed by atoms with Gasteiger partial charge in [-0.2, -0.15) is 5.10 Å². The minimum atomic E-state index is -0.493. The summed E-state index contributed by atoms with van der Waals surface area (Å²) in [7, 11) is 0. The van der Waals surface area contributed by atoms with E-state index in [1.807, 2.05) is 28.9 Å². The molecular weight excluding hydrogens is 410 g/mol. The largest absolute Gasteiger partial charge is 0.365 e. The first-order valence-corrected chi connectivity index (χ1v) is 12.1. The molecule has 2 aromatic rings. The topological polar surface area (TPSA) is 114 Å². The molecule has 6 N–H and O–H groups in total. The molecular formula is C22H33N7OS. The highest BCUT2D eigenvalue weighted by molar-refractivity contribution is 7.97. The molecule has 2 atom stereocenters. The van der Waals surface area contributed by atoms with Crippen LogP contribution in [-0.4, -0.2) is 52.8 Å². The second kappa shape index (κ2) is 10.5. The van der Waals surface area contributed by atoms with Crippen molar-refractivity contribution in [3.8, 4) is 0 Å². The average Bonchev–Trinajstić information content (AvgIpc) is 3.43. The van der Waals surface area contributed by atoms with Crippen LogP contribution in [0, 0.1) is 0 Å². The lowest BCUT2D eigenvalue weighted by Crippen LogP contribution is -2.35. The van der Waals surface area contributed by atoms with Crippen LogP contribution in [0.3, 0.4) is 0 Å². The number of carbonyl (C=O) groups is 1. The molecule has 0 bridgehead atoms. The predicted octanol–water partition coefficient (Wildman–Crippen LogP) is 2.86. The summed E-state index contributed by atoms with van der Waals surface area (Å²) in [6.45, 7) is 4.51. The van der Waals surface area contributed by atoms with Crippen LogP contribution in [-0.2, 0) is 0 Å². The zero-order chi connectivity index (χ0) is 21.6. The number of aromatic nitrogens is 2. The Bertz CT molecular complexity index is 863. The molecule has 2 aliphatic rings. The molecule has 1 saturated heterocycles. The summed E-state index contributed by atoms with van der Waals surface area (Å²) in [6, 6.07) is 8.23. The van der Waals surface area contributed by atoms with E-state index in [4.69, 9.17) is 11.5 Å². The van der Waals surface area contributed by atoms with Gasteiger partial charge in [-0.25, -0.2) is 0 Å². The summed E-state index contributed by atoms with van der Waals surface area (Å²) >= 11 is 1.64. The third kappa shape index (κ3) is 5.79. The second-order valence-electron chi connectivity index (χ2n) is 8.45. The van der Waals surface area contributed by atoms with E-state index in [0.717, 1.165) is 49.4 Å². The van der Waals surface area contributed by atoms with E-state index in [0.29, 0.717) is 11.4 Å². The van der Waals surface area contributed by atoms with Gasteiger partial charge in [0.25, 0.3) is 5.91 Å². The van der Waals surface area contributed by atoms with Gasteiger partial charge < -0.3 is 21.7 Å². The van der Waals surface area contributed by atoms with Crippen LogP contribution < -0.4 is 21.5 Å². The summed E-state index contributed by atoms with van der Waals surface area (Å²) in [6.07, 6.45) is 8.59. The quantitative estimate of drug-likeness (QED) is 0.348. The summed E-state index contributed by atoms with van der Waals surface area (Å²) in [4.78, 5) is 15.6. The van der Waals surface area contributed by atoms with E-state index >= 15 is 0 Å². The Morgan fingerprint density at radius 2 is 1.87 bits per heavy atom. The first kappa shape index (κ1) is 22.1. The van der Waals surface area contributed by atoms with Crippen molar-refractivity contribution in [3.05, 3.63) is 36.0 Å². The number of likely N-dealkylation sites (tertiary alicyclic amines) is 1. The van der Waals surface area contributed by atoms with E-state index in [1.165, 1.54) is 25.9 Å². The van der Waals surface area contributed by atoms with Gasteiger partial charge in [-0.05, 0) is 75.0 Å². The van der Waals surface area contributed by atoms with Crippen LogP contribution in [0.4, 0.5) is 11.5 Å². The van der Waals surface area contributed by atoms with E-state index in [9.17, 15) is 4.79 Å². The first-order valence-electron chi connectivity index (χ1n) is 11.2. The van der Waals surface area contributed by atoms with Gasteiger partial charge in [-0.15, -0.1) is 0 Å². The number of nitrogens with two attached hydrogens (primary N) is 2. The highest BCUT2D eigenvalue weighted by Gasteiger charge is 2.26. The number of hydrogen-bond acceptors (Lipinski definition) is 7. The minimum absolute atomic E-state index is 0.0523. The van der Waals surface area contributed by atoms with Gasteiger partial charge in [0.2, 0.25) is 0 Å². The molecule has 168 valence electrons. The van der Waals surface area contributed by atoms with Crippen molar-refractivity contribution >= 4 is 29.4 Å². The Balaban J connectivity index is 1.35. The summed E-state index contributed by atoms with van der Waals surface area (Å²) in [5.74, 6) is -0.0121. The third-order valence-electron chi connectivity index (χ3n) is 6.15.